The Balaban J connectivity index is 1.79. The Kier molecular flexibility index (Phi) is 13.9. The highest BCUT2D eigenvalue weighted by Gasteiger charge is 2.38. The van der Waals surface area contributed by atoms with Crippen LogP contribution in [0.3, 0.4) is 0 Å². The summed E-state index contributed by atoms with van der Waals surface area (Å²) < 4.78 is 38.9. The summed E-state index contributed by atoms with van der Waals surface area (Å²) in [4.78, 5) is 69.3. The molecule has 15 nitrogen and oxygen atoms in total. The Morgan fingerprint density at radius 3 is 2.11 bits per heavy atom. The fourth-order valence-electron chi connectivity index (χ4n) is 3.98. The van der Waals surface area contributed by atoms with Crippen LogP contribution < -0.4 is 5.32 Å². The van der Waals surface area contributed by atoms with Gasteiger partial charge in [0.25, 0.3) is 5.91 Å². The van der Waals surface area contributed by atoms with Gasteiger partial charge in [0.1, 0.15) is 16.7 Å². The first-order valence-electron chi connectivity index (χ1n) is 14.2. The van der Waals surface area contributed by atoms with Crippen LogP contribution in [0, 0.1) is 0 Å². The van der Waals surface area contributed by atoms with Gasteiger partial charge in [-0.2, -0.15) is 0 Å². The minimum Gasteiger partial charge on any atom is -0.449 e. The second-order valence-corrected chi connectivity index (χ2v) is 12.7. The van der Waals surface area contributed by atoms with Crippen molar-refractivity contribution in [2.24, 2.45) is 0 Å². The van der Waals surface area contributed by atoms with Crippen LogP contribution in [0.25, 0.3) is 10.6 Å². The molecule has 1 N–H and O–H groups in total. The predicted molar refractivity (Wildman–Crippen MR) is 161 cm³/mol. The highest BCUT2D eigenvalue weighted by molar-refractivity contribution is 7.54. The number of esters is 2. The maximum Gasteiger partial charge on any atom is 0.409 e. The fourth-order valence-corrected chi connectivity index (χ4v) is 6.19. The topological polar surface area (TPSA) is 180 Å². The molecule has 1 aromatic heterocycles. The van der Waals surface area contributed by atoms with E-state index >= 15 is 0 Å². The van der Waals surface area contributed by atoms with Crippen LogP contribution >= 0.6 is 18.9 Å². The molecule has 1 unspecified atom stereocenters. The number of nitrogens with one attached hydrogen (secondary N) is 1. The fraction of sp³-hybridized carbons (Fsp3) is 0.500. The van der Waals surface area contributed by atoms with Crippen molar-refractivity contribution in [1.82, 2.24) is 20.1 Å². The molecule has 246 valence electrons. The van der Waals surface area contributed by atoms with Gasteiger partial charge in [0, 0.05) is 51.0 Å². The van der Waals surface area contributed by atoms with Gasteiger partial charge < -0.3 is 29.3 Å². The molecule has 1 fully saturated rings. The van der Waals surface area contributed by atoms with E-state index in [-0.39, 0.29) is 31.9 Å². The van der Waals surface area contributed by atoms with E-state index in [0.717, 1.165) is 32.3 Å². The van der Waals surface area contributed by atoms with Crippen LogP contribution in [-0.2, 0) is 42.2 Å². The average Bonchev–Trinajstić information content (AvgIpc) is 3.51. The molecule has 1 aliphatic heterocycles. The van der Waals surface area contributed by atoms with Gasteiger partial charge in [-0.1, -0.05) is 43.7 Å². The molecular formula is C28H37N4O11PS. The van der Waals surface area contributed by atoms with Gasteiger partial charge in [-0.25, -0.2) is 9.78 Å². The van der Waals surface area contributed by atoms with Crippen LogP contribution in [0.1, 0.15) is 44.1 Å². The first kappa shape index (κ1) is 35.6. The monoisotopic (exact) mass is 668 g/mol. The summed E-state index contributed by atoms with van der Waals surface area (Å²) in [7, 11) is -4.35. The number of benzene rings is 1. The van der Waals surface area contributed by atoms with Crippen LogP contribution in [0.4, 0.5) is 4.79 Å². The van der Waals surface area contributed by atoms with Crippen molar-refractivity contribution in [2.45, 2.75) is 39.7 Å². The van der Waals surface area contributed by atoms with E-state index in [1.165, 1.54) is 26.5 Å². The quantitative estimate of drug-likeness (QED) is 0.0964. The number of carbonyl (C=O) groups excluding carboxylic acids is 5. The minimum atomic E-state index is -4.35. The van der Waals surface area contributed by atoms with Gasteiger partial charge in [-0.15, -0.1) is 11.3 Å². The lowest BCUT2D eigenvalue weighted by Crippen LogP contribution is -2.57. The van der Waals surface area contributed by atoms with E-state index in [9.17, 15) is 28.5 Å². The molecular weight excluding hydrogens is 631 g/mol. The van der Waals surface area contributed by atoms with Crippen LogP contribution in [-0.4, -0.2) is 103 Å². The Morgan fingerprint density at radius 1 is 0.933 bits per heavy atom. The van der Waals surface area contributed by atoms with Crippen LogP contribution in [0.2, 0.25) is 0 Å². The summed E-state index contributed by atoms with van der Waals surface area (Å²) in [6.07, 6.45) is 0.419. The number of aromatic nitrogens is 1. The summed E-state index contributed by atoms with van der Waals surface area (Å²) in [5, 5.41) is 4.68. The molecule has 2 aromatic rings. The summed E-state index contributed by atoms with van der Waals surface area (Å²) in [6, 6.07) is 7.72. The summed E-state index contributed by atoms with van der Waals surface area (Å²) in [5.74, 6) is -2.82. The molecule has 0 bridgehead atoms. The second kappa shape index (κ2) is 17.6. The van der Waals surface area contributed by atoms with E-state index in [2.05, 4.69) is 10.3 Å². The summed E-state index contributed by atoms with van der Waals surface area (Å²) in [5.41, 5.74) is 0.815. The van der Waals surface area contributed by atoms with Crippen molar-refractivity contribution in [3.63, 3.8) is 0 Å². The summed E-state index contributed by atoms with van der Waals surface area (Å²) in [6.45, 7) is 3.48. The molecule has 0 aliphatic carbocycles. The second-order valence-electron chi connectivity index (χ2n) is 9.77. The number of nitrogens with zero attached hydrogens (tertiary/aromatic N) is 3. The molecule has 1 atom stereocenters. The maximum absolute atomic E-state index is 13.8. The van der Waals surface area contributed by atoms with Crippen molar-refractivity contribution in [3.8, 4) is 10.6 Å². The van der Waals surface area contributed by atoms with Crippen LogP contribution in [0.5, 0.6) is 0 Å². The van der Waals surface area contributed by atoms with Crippen molar-refractivity contribution >= 4 is 48.8 Å². The molecule has 17 heteroatoms. The number of carbonyl (C=O) groups is 5. The number of amides is 3. The van der Waals surface area contributed by atoms with E-state index in [4.69, 9.17) is 23.3 Å². The molecule has 0 spiro atoms. The highest BCUT2D eigenvalue weighted by Crippen LogP contribution is 2.49. The molecule has 3 rings (SSSR count). The highest BCUT2D eigenvalue weighted by atomic mass is 32.1. The first-order chi connectivity index (χ1) is 21.5. The molecule has 1 aliphatic rings. The Labute approximate surface area is 264 Å². The number of hydrogen-bond donors (Lipinski definition) is 1. The minimum absolute atomic E-state index is 0.0211. The lowest BCUT2D eigenvalue weighted by atomic mass is 10.2. The zero-order valence-corrected chi connectivity index (χ0v) is 27.0. The smallest absolute Gasteiger partial charge is 0.409 e. The predicted octanol–water partition coefficient (Wildman–Crippen LogP) is 3.26. The molecule has 1 aromatic carbocycles. The van der Waals surface area contributed by atoms with Crippen LogP contribution in [0.15, 0.2) is 35.7 Å². The standard InChI is InChI=1S/C28H37N4O11PS/c1-4-5-15-39-28(37)32-13-11-31(12-14-32)27(36)23(16-44(38,42-18-40-20(2)33)43-19-41-21(3)34)29-25(35)24-17-45-26(30-24)22-9-7-6-8-10-22/h6-10,17,23H,4-5,11-16,18-19H2,1-3H3,(H,29,35). The van der Waals surface area contributed by atoms with Gasteiger partial charge in [0.2, 0.25) is 19.5 Å². The van der Waals surface area contributed by atoms with E-state index in [1.54, 1.807) is 0 Å². The van der Waals surface area contributed by atoms with E-state index in [1.807, 2.05) is 37.3 Å². The molecule has 2 heterocycles. The van der Waals surface area contributed by atoms with E-state index < -0.39 is 63.2 Å². The SMILES string of the molecule is CCCCOC(=O)N1CCN(C(=O)C(CP(=O)(OCOC(C)=O)OCOC(C)=O)NC(=O)c2csc(-c3ccccc3)n2)CC1. The number of unbranched alkanes of at least 4 members (excludes halogenated alkanes) is 1. The summed E-state index contributed by atoms with van der Waals surface area (Å²) >= 11 is 1.23. The number of rotatable bonds is 15. The Bertz CT molecular complexity index is 1340. The number of ether oxygens (including phenoxy) is 3. The normalized spacial score (nSPS) is 13.9. The largest absolute Gasteiger partial charge is 0.449 e. The maximum atomic E-state index is 13.8. The van der Waals surface area contributed by atoms with Gasteiger partial charge in [0.15, 0.2) is 0 Å². The lowest BCUT2D eigenvalue weighted by Gasteiger charge is -2.36. The van der Waals surface area contributed by atoms with Crippen molar-refractivity contribution in [3.05, 3.63) is 41.4 Å². The van der Waals surface area contributed by atoms with E-state index in [0.29, 0.717) is 11.6 Å². The molecule has 45 heavy (non-hydrogen) atoms. The third-order valence-electron chi connectivity index (χ3n) is 6.36. The van der Waals surface area contributed by atoms with Gasteiger partial charge >= 0.3 is 25.6 Å². The molecule has 1 saturated heterocycles. The zero-order chi connectivity index (χ0) is 32.8. The number of piperazine rings is 1. The Hall–Kier alpha value is -3.85. The number of thiazole rings is 1. The average molecular weight is 669 g/mol. The van der Waals surface area contributed by atoms with Crippen molar-refractivity contribution in [2.75, 3.05) is 52.5 Å². The first-order valence-corrected chi connectivity index (χ1v) is 16.8. The van der Waals surface area contributed by atoms with Crippen molar-refractivity contribution in [1.29, 1.82) is 0 Å². The molecule has 3 amide bonds. The Morgan fingerprint density at radius 2 is 1.53 bits per heavy atom. The lowest BCUT2D eigenvalue weighted by molar-refractivity contribution is -0.149. The third kappa shape index (κ3) is 11.5. The molecule has 0 radical (unpaired) electrons. The number of hydrogen-bond acceptors (Lipinski definition) is 13. The van der Waals surface area contributed by atoms with Gasteiger partial charge in [-0.05, 0) is 6.42 Å². The van der Waals surface area contributed by atoms with Gasteiger partial charge in [-0.3, -0.25) is 32.8 Å². The van der Waals surface area contributed by atoms with Crippen molar-refractivity contribution < 1.29 is 51.8 Å². The zero-order valence-electron chi connectivity index (χ0n) is 25.3. The molecule has 0 saturated carbocycles. The van der Waals surface area contributed by atoms with Gasteiger partial charge in [0.05, 0.1) is 12.8 Å². The third-order valence-corrected chi connectivity index (χ3v) is 9.06.